The highest BCUT2D eigenvalue weighted by Gasteiger charge is 2.28. The molecule has 1 aromatic carbocycles. The van der Waals surface area contributed by atoms with Gasteiger partial charge in [0, 0.05) is 25.4 Å². The lowest BCUT2D eigenvalue weighted by molar-refractivity contribution is -0.120. The first-order valence-corrected chi connectivity index (χ1v) is 5.73. The van der Waals surface area contributed by atoms with Crippen molar-refractivity contribution in [3.05, 3.63) is 29.3 Å². The van der Waals surface area contributed by atoms with Gasteiger partial charge in [-0.25, -0.2) is 8.78 Å². The minimum absolute atomic E-state index is 0.00463. The predicted molar refractivity (Wildman–Crippen MR) is 62.1 cm³/mol. The Bertz CT molecular complexity index is 459. The Labute approximate surface area is 99.2 Å². The van der Waals surface area contributed by atoms with E-state index in [1.165, 1.54) is 12.1 Å². The van der Waals surface area contributed by atoms with Crippen molar-refractivity contribution in [1.82, 2.24) is 0 Å². The fourth-order valence-corrected chi connectivity index (χ4v) is 2.24. The molecule has 2 rings (SSSR count). The van der Waals surface area contributed by atoms with E-state index in [0.29, 0.717) is 24.9 Å². The number of anilines is 1. The van der Waals surface area contributed by atoms with E-state index in [9.17, 15) is 13.6 Å². The number of carbonyl (C=O) groups excluding carboxylic acids is 1. The average Bonchev–Trinajstić information content (AvgIpc) is 2.27. The maximum atomic E-state index is 14.0. The molecule has 1 aliphatic rings. The quantitative estimate of drug-likeness (QED) is 0.751. The third-order valence-corrected chi connectivity index (χ3v) is 3.23. The molecule has 0 aromatic heterocycles. The van der Waals surface area contributed by atoms with Crippen LogP contribution in [0, 0.1) is 18.6 Å². The number of hydrogen-bond donors (Lipinski definition) is 0. The Balaban J connectivity index is 2.40. The van der Waals surface area contributed by atoms with Crippen LogP contribution in [0.2, 0.25) is 0 Å². The number of hydrogen-bond acceptors (Lipinski definition) is 2. The minimum atomic E-state index is -0.561. The number of carbonyl (C=O) groups is 1. The number of nitrogens with zero attached hydrogens (tertiary/aromatic N) is 1. The second kappa shape index (κ2) is 4.43. The zero-order valence-electron chi connectivity index (χ0n) is 9.96. The molecule has 1 aromatic rings. The van der Waals surface area contributed by atoms with Crippen LogP contribution in [0.15, 0.2) is 12.1 Å². The molecule has 0 N–H and O–H groups in total. The highest BCUT2D eigenvalue weighted by molar-refractivity contribution is 5.81. The Kier molecular flexibility index (Phi) is 3.13. The standard InChI is InChI=1S/C13H15F2NO/c1-8-3-4-11(14)13(12(8)15)16-6-5-10(17)7-9(16)2/h3-4,9H,5-7H2,1-2H3. The van der Waals surface area contributed by atoms with E-state index in [4.69, 9.17) is 0 Å². The normalized spacial score (nSPS) is 20.8. The Morgan fingerprint density at radius 2 is 2.06 bits per heavy atom. The third kappa shape index (κ3) is 2.16. The van der Waals surface area contributed by atoms with E-state index in [2.05, 4.69) is 0 Å². The fraction of sp³-hybridized carbons (Fsp3) is 0.462. The zero-order chi connectivity index (χ0) is 12.6. The highest BCUT2D eigenvalue weighted by atomic mass is 19.1. The number of benzene rings is 1. The van der Waals surface area contributed by atoms with Crippen LogP contribution in [-0.4, -0.2) is 18.4 Å². The Morgan fingerprint density at radius 1 is 1.35 bits per heavy atom. The molecule has 0 aliphatic carbocycles. The summed E-state index contributed by atoms with van der Waals surface area (Å²) >= 11 is 0. The van der Waals surface area contributed by atoms with E-state index in [-0.39, 0.29) is 17.5 Å². The van der Waals surface area contributed by atoms with Gasteiger partial charge in [0.25, 0.3) is 0 Å². The number of piperidine rings is 1. The summed E-state index contributed by atoms with van der Waals surface area (Å²) in [5.41, 5.74) is 0.426. The van der Waals surface area contributed by atoms with Gasteiger partial charge in [0.2, 0.25) is 0 Å². The van der Waals surface area contributed by atoms with Crippen LogP contribution in [0.5, 0.6) is 0 Å². The molecule has 1 unspecified atom stereocenters. The van der Waals surface area contributed by atoms with Gasteiger partial charge in [-0.05, 0) is 25.5 Å². The van der Waals surface area contributed by atoms with Crippen molar-refractivity contribution in [2.75, 3.05) is 11.4 Å². The lowest BCUT2D eigenvalue weighted by Gasteiger charge is -2.35. The van der Waals surface area contributed by atoms with Crippen LogP contribution in [0.25, 0.3) is 0 Å². The molecule has 1 saturated heterocycles. The first kappa shape index (κ1) is 12.0. The van der Waals surface area contributed by atoms with Gasteiger partial charge in [-0.3, -0.25) is 4.79 Å². The number of rotatable bonds is 1. The molecule has 4 heteroatoms. The molecule has 17 heavy (non-hydrogen) atoms. The molecule has 1 aliphatic heterocycles. The summed E-state index contributed by atoms with van der Waals surface area (Å²) in [4.78, 5) is 12.9. The molecular formula is C13H15F2NO. The van der Waals surface area contributed by atoms with Crippen LogP contribution in [0.3, 0.4) is 0 Å². The molecule has 92 valence electrons. The summed E-state index contributed by atoms with van der Waals surface area (Å²) in [5.74, 6) is -0.928. The molecule has 1 heterocycles. The summed E-state index contributed by atoms with van der Waals surface area (Å²) in [7, 11) is 0. The molecule has 0 saturated carbocycles. The number of Topliss-reactive ketones (excluding diaryl/α,β-unsaturated/α-hetero) is 1. The van der Waals surface area contributed by atoms with Crippen LogP contribution >= 0.6 is 0 Å². The van der Waals surface area contributed by atoms with E-state index in [1.807, 2.05) is 6.92 Å². The number of halogens is 2. The van der Waals surface area contributed by atoms with Crippen molar-refractivity contribution in [3.8, 4) is 0 Å². The first-order chi connectivity index (χ1) is 8.00. The van der Waals surface area contributed by atoms with Crippen molar-refractivity contribution in [2.45, 2.75) is 32.7 Å². The summed E-state index contributed by atoms with van der Waals surface area (Å²) < 4.78 is 27.7. The Hall–Kier alpha value is -1.45. The molecule has 0 spiro atoms. The summed E-state index contributed by atoms with van der Waals surface area (Å²) in [6, 6.07) is 2.55. The molecule has 0 amide bonds. The molecular weight excluding hydrogens is 224 g/mol. The highest BCUT2D eigenvalue weighted by Crippen LogP contribution is 2.30. The van der Waals surface area contributed by atoms with Gasteiger partial charge < -0.3 is 4.90 Å². The van der Waals surface area contributed by atoms with Gasteiger partial charge >= 0.3 is 0 Å². The van der Waals surface area contributed by atoms with E-state index >= 15 is 0 Å². The van der Waals surface area contributed by atoms with Crippen LogP contribution < -0.4 is 4.90 Å². The molecule has 1 fully saturated rings. The topological polar surface area (TPSA) is 20.3 Å². The van der Waals surface area contributed by atoms with Gasteiger partial charge in [-0.15, -0.1) is 0 Å². The maximum Gasteiger partial charge on any atom is 0.152 e. The van der Waals surface area contributed by atoms with E-state index in [0.717, 1.165) is 0 Å². The third-order valence-electron chi connectivity index (χ3n) is 3.23. The molecule has 2 nitrogen and oxygen atoms in total. The summed E-state index contributed by atoms with van der Waals surface area (Å²) in [6.45, 7) is 3.81. The summed E-state index contributed by atoms with van der Waals surface area (Å²) in [5, 5.41) is 0. The van der Waals surface area contributed by atoms with Gasteiger partial charge in [-0.2, -0.15) is 0 Å². The van der Waals surface area contributed by atoms with Crippen molar-refractivity contribution in [1.29, 1.82) is 0 Å². The fourth-order valence-electron chi connectivity index (χ4n) is 2.24. The Morgan fingerprint density at radius 3 is 2.71 bits per heavy atom. The van der Waals surface area contributed by atoms with Gasteiger partial charge in [-0.1, -0.05) is 6.07 Å². The van der Waals surface area contributed by atoms with Crippen molar-refractivity contribution in [2.24, 2.45) is 0 Å². The van der Waals surface area contributed by atoms with Gasteiger partial charge in [0.05, 0.1) is 0 Å². The number of aryl methyl sites for hydroxylation is 1. The van der Waals surface area contributed by atoms with Gasteiger partial charge in [0.15, 0.2) is 5.82 Å². The van der Waals surface area contributed by atoms with Crippen LogP contribution in [-0.2, 0) is 4.79 Å². The largest absolute Gasteiger partial charge is 0.363 e. The monoisotopic (exact) mass is 239 g/mol. The second-order valence-corrected chi connectivity index (χ2v) is 4.56. The van der Waals surface area contributed by atoms with Crippen LogP contribution in [0.1, 0.15) is 25.3 Å². The minimum Gasteiger partial charge on any atom is -0.363 e. The number of ketones is 1. The van der Waals surface area contributed by atoms with Gasteiger partial charge in [0.1, 0.15) is 17.3 Å². The van der Waals surface area contributed by atoms with E-state index < -0.39 is 11.6 Å². The smallest absolute Gasteiger partial charge is 0.152 e. The molecule has 1 atom stereocenters. The average molecular weight is 239 g/mol. The van der Waals surface area contributed by atoms with E-state index in [1.54, 1.807) is 11.8 Å². The van der Waals surface area contributed by atoms with Crippen LogP contribution in [0.4, 0.5) is 14.5 Å². The predicted octanol–water partition coefficient (Wildman–Crippen LogP) is 2.83. The summed E-state index contributed by atoms with van der Waals surface area (Å²) in [6.07, 6.45) is 0.712. The zero-order valence-corrected chi connectivity index (χ0v) is 9.96. The van der Waals surface area contributed by atoms with Crippen molar-refractivity contribution in [3.63, 3.8) is 0 Å². The lowest BCUT2D eigenvalue weighted by atomic mass is 10.0. The lowest BCUT2D eigenvalue weighted by Crippen LogP contribution is -2.42. The molecule has 0 radical (unpaired) electrons. The SMILES string of the molecule is Cc1ccc(F)c(N2CCC(=O)CC2C)c1F. The maximum absolute atomic E-state index is 14.0. The van der Waals surface area contributed by atoms with Crippen molar-refractivity contribution < 1.29 is 13.6 Å². The van der Waals surface area contributed by atoms with Crippen molar-refractivity contribution >= 4 is 11.5 Å². The second-order valence-electron chi connectivity index (χ2n) is 4.56. The first-order valence-electron chi connectivity index (χ1n) is 5.73. The molecule has 0 bridgehead atoms.